The summed E-state index contributed by atoms with van der Waals surface area (Å²) in [4.78, 5) is 38.5. The van der Waals surface area contributed by atoms with E-state index in [4.69, 9.17) is 0 Å². The minimum absolute atomic E-state index is 0.0465. The van der Waals surface area contributed by atoms with Gasteiger partial charge in [-0.1, -0.05) is 12.1 Å². The third kappa shape index (κ3) is 3.90. The van der Waals surface area contributed by atoms with Crippen LogP contribution in [0.25, 0.3) is 11.8 Å². The first-order valence-corrected chi connectivity index (χ1v) is 10.5. The molecule has 1 aromatic heterocycles. The minimum atomic E-state index is -0.915. The Morgan fingerprint density at radius 1 is 0.968 bits per heavy atom. The number of benzene rings is 2. The summed E-state index contributed by atoms with van der Waals surface area (Å²) in [6, 6.07) is 14.0. The van der Waals surface area contributed by atoms with Gasteiger partial charge in [-0.3, -0.25) is 14.9 Å². The maximum atomic E-state index is 13.6. The molecule has 1 N–H and O–H groups in total. The third-order valence-corrected chi connectivity index (χ3v) is 5.68. The smallest absolute Gasteiger partial charge is 0.318 e. The van der Waals surface area contributed by atoms with Gasteiger partial charge in [-0.15, -0.1) is 0 Å². The number of urea groups is 1. The van der Waals surface area contributed by atoms with E-state index < -0.39 is 23.7 Å². The molecule has 1 saturated heterocycles. The average molecular weight is 529 g/mol. The van der Waals surface area contributed by atoms with Gasteiger partial charge >= 0.3 is 6.03 Å². The van der Waals surface area contributed by atoms with Gasteiger partial charge in [0.15, 0.2) is 0 Å². The predicted octanol–water partition coefficient (Wildman–Crippen LogP) is 4.50. The highest BCUT2D eigenvalue weighted by Gasteiger charge is 2.37. The van der Waals surface area contributed by atoms with E-state index in [0.717, 1.165) is 31.6 Å². The van der Waals surface area contributed by atoms with Crippen molar-refractivity contribution >= 4 is 52.2 Å². The zero-order chi connectivity index (χ0) is 22.3. The monoisotopic (exact) mass is 529 g/mol. The highest BCUT2D eigenvalue weighted by molar-refractivity contribution is 14.1. The fourth-order valence-corrected chi connectivity index (χ4v) is 4.14. The summed E-state index contributed by atoms with van der Waals surface area (Å²) in [5.74, 6) is -2.19. The van der Waals surface area contributed by atoms with Crippen molar-refractivity contribution in [2.45, 2.75) is 13.8 Å². The van der Waals surface area contributed by atoms with E-state index in [0.29, 0.717) is 5.56 Å². The van der Waals surface area contributed by atoms with Crippen LogP contribution in [-0.2, 0) is 9.59 Å². The van der Waals surface area contributed by atoms with E-state index in [1.54, 1.807) is 0 Å². The lowest BCUT2D eigenvalue weighted by atomic mass is 10.1. The molecular formula is C23H17FIN3O3. The molecule has 1 aliphatic rings. The lowest BCUT2D eigenvalue weighted by molar-refractivity contribution is -0.122. The number of nitrogens with zero attached hydrogens (tertiary/aromatic N) is 2. The summed E-state index contributed by atoms with van der Waals surface area (Å²) < 4.78 is 16.7. The van der Waals surface area contributed by atoms with Gasteiger partial charge in [0.1, 0.15) is 11.4 Å². The van der Waals surface area contributed by atoms with Crippen LogP contribution < -0.4 is 10.2 Å². The van der Waals surface area contributed by atoms with E-state index in [-0.39, 0.29) is 11.3 Å². The summed E-state index contributed by atoms with van der Waals surface area (Å²) >= 11 is 2.24. The van der Waals surface area contributed by atoms with E-state index in [9.17, 15) is 18.8 Å². The van der Waals surface area contributed by atoms with Gasteiger partial charge in [-0.05, 0) is 90.5 Å². The Labute approximate surface area is 191 Å². The van der Waals surface area contributed by atoms with Crippen LogP contribution in [0.4, 0.5) is 14.9 Å². The highest BCUT2D eigenvalue weighted by Crippen LogP contribution is 2.26. The molecule has 1 fully saturated rings. The molecule has 0 bridgehead atoms. The molecule has 0 radical (unpaired) electrons. The number of nitrogens with one attached hydrogen (secondary N) is 1. The van der Waals surface area contributed by atoms with Gasteiger partial charge in [-0.2, -0.15) is 0 Å². The second kappa shape index (κ2) is 8.10. The van der Waals surface area contributed by atoms with Crippen molar-refractivity contribution in [3.63, 3.8) is 0 Å². The molecule has 8 heteroatoms. The number of rotatable bonds is 3. The maximum Gasteiger partial charge on any atom is 0.335 e. The zero-order valence-electron chi connectivity index (χ0n) is 16.6. The molecule has 0 unspecified atom stereocenters. The number of imide groups is 2. The molecule has 6 nitrogen and oxygen atoms in total. The second-order valence-corrected chi connectivity index (χ2v) is 8.33. The SMILES string of the molecule is Cc1cc(/C=C2\C(=O)NC(=O)N(c3cccc(F)c3)C2=O)c(C)n1-c1cccc(I)c1. The predicted molar refractivity (Wildman–Crippen MR) is 123 cm³/mol. The summed E-state index contributed by atoms with van der Waals surface area (Å²) in [6.45, 7) is 3.82. The first-order valence-electron chi connectivity index (χ1n) is 9.38. The number of aryl methyl sites for hydroxylation is 1. The van der Waals surface area contributed by atoms with E-state index in [1.165, 1.54) is 24.3 Å². The van der Waals surface area contributed by atoms with Gasteiger partial charge in [0, 0.05) is 20.6 Å². The summed E-state index contributed by atoms with van der Waals surface area (Å²) in [7, 11) is 0. The highest BCUT2D eigenvalue weighted by atomic mass is 127. The molecule has 156 valence electrons. The first kappa shape index (κ1) is 21.0. The molecule has 0 spiro atoms. The van der Waals surface area contributed by atoms with Crippen LogP contribution in [0.3, 0.4) is 0 Å². The van der Waals surface area contributed by atoms with Crippen molar-refractivity contribution in [2.75, 3.05) is 4.90 Å². The number of barbiturate groups is 1. The van der Waals surface area contributed by atoms with Crippen LogP contribution in [0.5, 0.6) is 0 Å². The number of anilines is 1. The van der Waals surface area contributed by atoms with E-state index >= 15 is 0 Å². The third-order valence-electron chi connectivity index (χ3n) is 5.00. The molecule has 2 aromatic carbocycles. The number of aromatic nitrogens is 1. The molecule has 0 atom stereocenters. The van der Waals surface area contributed by atoms with Gasteiger partial charge in [-0.25, -0.2) is 14.1 Å². The Morgan fingerprint density at radius 3 is 2.39 bits per heavy atom. The molecule has 3 aromatic rings. The van der Waals surface area contributed by atoms with Crippen molar-refractivity contribution in [3.8, 4) is 5.69 Å². The van der Waals surface area contributed by atoms with Crippen LogP contribution in [0.2, 0.25) is 0 Å². The maximum absolute atomic E-state index is 13.6. The number of halogens is 2. The van der Waals surface area contributed by atoms with Gasteiger partial charge < -0.3 is 4.57 Å². The molecule has 0 aliphatic carbocycles. The number of hydrogen-bond donors (Lipinski definition) is 1. The average Bonchev–Trinajstić information content (AvgIpc) is 2.98. The van der Waals surface area contributed by atoms with Crippen molar-refractivity contribution in [2.24, 2.45) is 0 Å². The van der Waals surface area contributed by atoms with Crippen LogP contribution in [0, 0.1) is 23.2 Å². The number of carbonyl (C=O) groups excluding carboxylic acids is 3. The van der Waals surface area contributed by atoms with Crippen LogP contribution >= 0.6 is 22.6 Å². The molecule has 2 heterocycles. The van der Waals surface area contributed by atoms with Crippen LogP contribution in [-0.4, -0.2) is 22.4 Å². The zero-order valence-corrected chi connectivity index (χ0v) is 18.8. The molecule has 4 rings (SSSR count). The Bertz CT molecular complexity index is 1280. The Morgan fingerprint density at radius 2 is 1.68 bits per heavy atom. The molecule has 1 aliphatic heterocycles. The summed E-state index contributed by atoms with van der Waals surface area (Å²) in [6.07, 6.45) is 1.46. The summed E-state index contributed by atoms with van der Waals surface area (Å²) in [5, 5.41) is 2.16. The van der Waals surface area contributed by atoms with Crippen molar-refractivity contribution in [3.05, 3.63) is 86.5 Å². The largest absolute Gasteiger partial charge is 0.335 e. The molecule has 0 saturated carbocycles. The Kier molecular flexibility index (Phi) is 5.48. The van der Waals surface area contributed by atoms with Gasteiger partial charge in [0.2, 0.25) is 0 Å². The topological polar surface area (TPSA) is 71.4 Å². The first-order chi connectivity index (χ1) is 14.8. The lowest BCUT2D eigenvalue weighted by Gasteiger charge is -2.26. The second-order valence-electron chi connectivity index (χ2n) is 7.08. The fraction of sp³-hybridized carbons (Fsp3) is 0.0870. The minimum Gasteiger partial charge on any atom is -0.318 e. The molecule has 4 amide bonds. The van der Waals surface area contributed by atoms with Crippen molar-refractivity contribution < 1.29 is 18.8 Å². The number of carbonyl (C=O) groups is 3. The number of hydrogen-bond acceptors (Lipinski definition) is 3. The van der Waals surface area contributed by atoms with Crippen molar-refractivity contribution in [1.82, 2.24) is 9.88 Å². The quantitative estimate of drug-likeness (QED) is 0.309. The van der Waals surface area contributed by atoms with E-state index in [2.05, 4.69) is 27.9 Å². The van der Waals surface area contributed by atoms with E-state index in [1.807, 2.05) is 48.7 Å². The molecular weight excluding hydrogens is 512 g/mol. The summed E-state index contributed by atoms with van der Waals surface area (Å²) in [5.41, 5.74) is 3.23. The normalized spacial score (nSPS) is 15.5. The fourth-order valence-electron chi connectivity index (χ4n) is 3.61. The Balaban J connectivity index is 1.77. The van der Waals surface area contributed by atoms with Crippen molar-refractivity contribution in [1.29, 1.82) is 0 Å². The van der Waals surface area contributed by atoms with Crippen LogP contribution in [0.15, 0.2) is 60.2 Å². The van der Waals surface area contributed by atoms with Gasteiger partial charge in [0.25, 0.3) is 11.8 Å². The van der Waals surface area contributed by atoms with Gasteiger partial charge in [0.05, 0.1) is 5.69 Å². The molecule has 31 heavy (non-hydrogen) atoms. The lowest BCUT2D eigenvalue weighted by Crippen LogP contribution is -2.54. The van der Waals surface area contributed by atoms with Crippen LogP contribution in [0.1, 0.15) is 17.0 Å². The number of amides is 4. The Hall–Kier alpha value is -3.27. The standard InChI is InChI=1S/C23H17FIN3O3/c1-13-9-15(14(2)27(13)19-8-4-6-17(25)12-19)10-20-21(29)26-23(31)28(22(20)30)18-7-3-5-16(24)11-18/h3-12H,1-2H3,(H,26,29,31)/b20-10+.